The summed E-state index contributed by atoms with van der Waals surface area (Å²) in [4.78, 5) is 29.4. The summed E-state index contributed by atoms with van der Waals surface area (Å²) in [5, 5.41) is 0. The van der Waals surface area contributed by atoms with Gasteiger partial charge in [-0.1, -0.05) is 18.2 Å². The second kappa shape index (κ2) is 11.3. The Kier molecular flexibility index (Phi) is 7.97. The number of carbonyl (C=O) groups excluding carboxylic acids is 2. The lowest BCUT2D eigenvalue weighted by Gasteiger charge is -2.43. The Bertz CT molecular complexity index is 952. The van der Waals surface area contributed by atoms with Crippen molar-refractivity contribution in [1.29, 1.82) is 0 Å². The quantitative estimate of drug-likeness (QED) is 0.586. The highest BCUT2D eigenvalue weighted by Gasteiger charge is 2.42. The van der Waals surface area contributed by atoms with Gasteiger partial charge in [-0.3, -0.25) is 9.59 Å². The smallest absolute Gasteiger partial charge is 0.260 e. The van der Waals surface area contributed by atoms with Gasteiger partial charge in [0, 0.05) is 19.6 Å². The SMILES string of the molecule is O=C(C[C@@]1(COc2ccc(F)cc2)CN(C(=O)COc2ccccc2)CCO1)N1CCOCC1. The summed E-state index contributed by atoms with van der Waals surface area (Å²) in [6.07, 6.45) is 0.0531. The van der Waals surface area contributed by atoms with Crippen LogP contribution in [0.1, 0.15) is 6.42 Å². The van der Waals surface area contributed by atoms with E-state index in [9.17, 15) is 14.0 Å². The van der Waals surface area contributed by atoms with Gasteiger partial charge < -0.3 is 28.7 Å². The maximum atomic E-state index is 13.3. The molecule has 4 rings (SSSR count). The van der Waals surface area contributed by atoms with Gasteiger partial charge in [-0.2, -0.15) is 0 Å². The maximum absolute atomic E-state index is 13.3. The number of nitrogens with zero attached hydrogens (tertiary/aromatic N) is 2. The minimum absolute atomic E-state index is 0.0397. The third-order valence-electron chi connectivity index (χ3n) is 5.86. The average Bonchev–Trinajstić information content (AvgIpc) is 2.88. The Hall–Kier alpha value is -3.17. The van der Waals surface area contributed by atoms with E-state index in [0.29, 0.717) is 44.3 Å². The number of hydrogen-bond donors (Lipinski definition) is 0. The molecule has 1 atom stereocenters. The molecule has 182 valence electrons. The van der Waals surface area contributed by atoms with Crippen LogP contribution >= 0.6 is 0 Å². The van der Waals surface area contributed by atoms with Crippen molar-refractivity contribution < 1.29 is 32.9 Å². The molecule has 0 N–H and O–H groups in total. The van der Waals surface area contributed by atoms with Crippen molar-refractivity contribution in [3.05, 3.63) is 60.4 Å². The zero-order chi connectivity index (χ0) is 23.8. The fourth-order valence-corrected chi connectivity index (χ4v) is 4.00. The fourth-order valence-electron chi connectivity index (χ4n) is 4.00. The molecule has 2 heterocycles. The number of amides is 2. The molecule has 0 aliphatic carbocycles. The largest absolute Gasteiger partial charge is 0.490 e. The standard InChI is InChI=1S/C25H29FN2O6/c26-20-6-8-22(9-7-20)33-19-25(16-23(29)27-10-13-31-14-11-27)18-28(12-15-34-25)24(30)17-32-21-4-2-1-3-5-21/h1-9H,10-19H2/t25-/m0/s1. The zero-order valence-electron chi connectivity index (χ0n) is 19.0. The molecule has 9 heteroatoms. The predicted octanol–water partition coefficient (Wildman–Crippen LogP) is 2.13. The van der Waals surface area contributed by atoms with E-state index in [1.165, 1.54) is 24.3 Å². The minimum atomic E-state index is -1.04. The highest BCUT2D eigenvalue weighted by atomic mass is 19.1. The Morgan fingerprint density at radius 1 is 0.853 bits per heavy atom. The highest BCUT2D eigenvalue weighted by Crippen LogP contribution is 2.26. The molecular weight excluding hydrogens is 443 g/mol. The number of carbonyl (C=O) groups is 2. The van der Waals surface area contributed by atoms with Crippen molar-refractivity contribution in [2.45, 2.75) is 12.0 Å². The van der Waals surface area contributed by atoms with Gasteiger partial charge in [-0.05, 0) is 36.4 Å². The first-order valence-electron chi connectivity index (χ1n) is 11.4. The van der Waals surface area contributed by atoms with Crippen molar-refractivity contribution in [2.24, 2.45) is 0 Å². The topological polar surface area (TPSA) is 77.5 Å². The minimum Gasteiger partial charge on any atom is -0.490 e. The van der Waals surface area contributed by atoms with Gasteiger partial charge in [0.2, 0.25) is 5.91 Å². The van der Waals surface area contributed by atoms with E-state index in [0.717, 1.165) is 0 Å². The molecule has 0 unspecified atom stereocenters. The Morgan fingerprint density at radius 2 is 1.53 bits per heavy atom. The number of halogens is 1. The van der Waals surface area contributed by atoms with Gasteiger partial charge in [0.15, 0.2) is 6.61 Å². The normalized spacial score (nSPS) is 20.6. The maximum Gasteiger partial charge on any atom is 0.260 e. The number of rotatable bonds is 8. The number of ether oxygens (including phenoxy) is 4. The van der Waals surface area contributed by atoms with Crippen molar-refractivity contribution in [3.8, 4) is 11.5 Å². The zero-order valence-corrected chi connectivity index (χ0v) is 19.0. The third kappa shape index (κ3) is 6.45. The van der Waals surface area contributed by atoms with Crippen molar-refractivity contribution in [1.82, 2.24) is 9.80 Å². The molecule has 2 aliphatic rings. The van der Waals surface area contributed by atoms with Crippen LogP contribution in [0.5, 0.6) is 11.5 Å². The monoisotopic (exact) mass is 472 g/mol. The summed E-state index contributed by atoms with van der Waals surface area (Å²) in [6.45, 7) is 2.78. The van der Waals surface area contributed by atoms with Crippen molar-refractivity contribution in [2.75, 3.05) is 59.2 Å². The first-order chi connectivity index (χ1) is 16.5. The van der Waals surface area contributed by atoms with Gasteiger partial charge >= 0.3 is 0 Å². The molecule has 8 nitrogen and oxygen atoms in total. The van der Waals surface area contributed by atoms with Crippen LogP contribution < -0.4 is 9.47 Å². The molecule has 34 heavy (non-hydrogen) atoms. The molecule has 0 radical (unpaired) electrons. The van der Waals surface area contributed by atoms with E-state index in [1.54, 1.807) is 21.9 Å². The van der Waals surface area contributed by atoms with E-state index in [4.69, 9.17) is 18.9 Å². The van der Waals surface area contributed by atoms with E-state index in [-0.39, 0.29) is 50.4 Å². The lowest BCUT2D eigenvalue weighted by atomic mass is 9.96. The molecule has 2 aromatic carbocycles. The molecule has 0 saturated carbocycles. The molecule has 2 aliphatic heterocycles. The van der Waals surface area contributed by atoms with Crippen molar-refractivity contribution in [3.63, 3.8) is 0 Å². The van der Waals surface area contributed by atoms with Crippen LogP contribution in [0.25, 0.3) is 0 Å². The lowest BCUT2D eigenvalue weighted by molar-refractivity contribution is -0.168. The van der Waals surface area contributed by atoms with Gasteiger partial charge in [-0.25, -0.2) is 4.39 Å². The van der Waals surface area contributed by atoms with Gasteiger partial charge in [0.05, 0.1) is 32.8 Å². The molecule has 0 aromatic heterocycles. The number of benzene rings is 2. The second-order valence-electron chi connectivity index (χ2n) is 8.36. The molecular formula is C25H29FN2O6. The van der Waals surface area contributed by atoms with Gasteiger partial charge in [-0.15, -0.1) is 0 Å². The predicted molar refractivity (Wildman–Crippen MR) is 121 cm³/mol. The Labute approximate surface area is 198 Å². The summed E-state index contributed by atoms with van der Waals surface area (Å²) in [6, 6.07) is 14.8. The molecule has 2 saturated heterocycles. The molecule has 2 fully saturated rings. The van der Waals surface area contributed by atoms with Crippen LogP contribution in [0.15, 0.2) is 54.6 Å². The van der Waals surface area contributed by atoms with Crippen LogP contribution in [0.4, 0.5) is 4.39 Å². The van der Waals surface area contributed by atoms with Gasteiger partial charge in [0.1, 0.15) is 29.5 Å². The number of morpholine rings is 2. The lowest BCUT2D eigenvalue weighted by Crippen LogP contribution is -2.59. The van der Waals surface area contributed by atoms with Crippen LogP contribution in [0.3, 0.4) is 0 Å². The van der Waals surface area contributed by atoms with E-state index < -0.39 is 5.60 Å². The number of para-hydroxylation sites is 1. The summed E-state index contributed by atoms with van der Waals surface area (Å²) in [5.74, 6) is 0.420. The third-order valence-corrected chi connectivity index (χ3v) is 5.86. The average molecular weight is 473 g/mol. The van der Waals surface area contributed by atoms with E-state index >= 15 is 0 Å². The van der Waals surface area contributed by atoms with Crippen molar-refractivity contribution >= 4 is 11.8 Å². The Balaban J connectivity index is 1.44. The summed E-state index contributed by atoms with van der Waals surface area (Å²) >= 11 is 0. The van der Waals surface area contributed by atoms with E-state index in [1.807, 2.05) is 18.2 Å². The molecule has 2 aromatic rings. The number of hydrogen-bond acceptors (Lipinski definition) is 6. The fraction of sp³-hybridized carbons (Fsp3) is 0.440. The Morgan fingerprint density at radius 3 is 2.26 bits per heavy atom. The highest BCUT2D eigenvalue weighted by molar-refractivity contribution is 5.79. The first kappa shape index (κ1) is 24.0. The van der Waals surface area contributed by atoms with Gasteiger partial charge in [0.25, 0.3) is 5.91 Å². The summed E-state index contributed by atoms with van der Waals surface area (Å²) in [7, 11) is 0. The first-order valence-corrected chi connectivity index (χ1v) is 11.4. The van der Waals surface area contributed by atoms with Crippen LogP contribution in [0, 0.1) is 5.82 Å². The van der Waals surface area contributed by atoms with E-state index in [2.05, 4.69) is 0 Å². The molecule has 2 amide bonds. The summed E-state index contributed by atoms with van der Waals surface area (Å²) in [5.41, 5.74) is -1.04. The van der Waals surface area contributed by atoms with Crippen LogP contribution in [0.2, 0.25) is 0 Å². The summed E-state index contributed by atoms with van der Waals surface area (Å²) < 4.78 is 36.2. The van der Waals surface area contributed by atoms with Crippen LogP contribution in [-0.2, 0) is 19.1 Å². The molecule has 0 bridgehead atoms. The molecule has 0 spiro atoms. The second-order valence-corrected chi connectivity index (χ2v) is 8.36. The van der Waals surface area contributed by atoms with Crippen LogP contribution in [-0.4, -0.2) is 86.4 Å².